The normalized spacial score (nSPS) is 19.5. The molecule has 1 atom stereocenters. The highest BCUT2D eigenvalue weighted by atomic mass is 19.4. The Balaban J connectivity index is 1.93. The summed E-state index contributed by atoms with van der Waals surface area (Å²) in [6.07, 6.45) is 0.270. The molecule has 0 aromatic heterocycles. The van der Waals surface area contributed by atoms with Crippen molar-refractivity contribution in [1.82, 2.24) is 0 Å². The van der Waals surface area contributed by atoms with Crippen LogP contribution in [0, 0.1) is 0 Å². The first-order chi connectivity index (χ1) is 15.4. The molecule has 0 N–H and O–H groups in total. The average Bonchev–Trinajstić information content (AvgIpc) is 3.25. The van der Waals surface area contributed by atoms with E-state index in [0.717, 1.165) is 60.1 Å². The van der Waals surface area contributed by atoms with Gasteiger partial charge in [0.2, 0.25) is 0 Å². The summed E-state index contributed by atoms with van der Waals surface area (Å²) < 4.78 is 45.7. The predicted molar refractivity (Wildman–Crippen MR) is 124 cm³/mol. The van der Waals surface area contributed by atoms with Crippen molar-refractivity contribution in [1.29, 1.82) is 0 Å². The Morgan fingerprint density at radius 2 is 1.64 bits per heavy atom. The second-order valence-corrected chi connectivity index (χ2v) is 10.6. The van der Waals surface area contributed by atoms with Crippen LogP contribution in [0.15, 0.2) is 30.3 Å². The molecule has 1 unspecified atom stereocenters. The third-order valence-electron chi connectivity index (χ3n) is 7.21. The maximum atomic E-state index is 13.4. The van der Waals surface area contributed by atoms with Crippen LogP contribution in [0.2, 0.25) is 0 Å². The largest absolute Gasteiger partial charge is 0.487 e. The van der Waals surface area contributed by atoms with E-state index in [9.17, 15) is 18.0 Å². The Labute approximate surface area is 194 Å². The van der Waals surface area contributed by atoms with Crippen molar-refractivity contribution in [3.63, 3.8) is 0 Å². The van der Waals surface area contributed by atoms with E-state index >= 15 is 0 Å². The van der Waals surface area contributed by atoms with Gasteiger partial charge in [0.1, 0.15) is 11.4 Å². The van der Waals surface area contributed by atoms with Gasteiger partial charge in [-0.2, -0.15) is 13.2 Å². The van der Waals surface area contributed by atoms with Crippen LogP contribution >= 0.6 is 0 Å². The van der Waals surface area contributed by atoms with Crippen LogP contribution in [-0.2, 0) is 6.18 Å². The summed E-state index contributed by atoms with van der Waals surface area (Å²) in [6.45, 7) is 10.2. The maximum Gasteiger partial charge on any atom is 0.416 e. The van der Waals surface area contributed by atoms with Gasteiger partial charge in [-0.1, -0.05) is 45.7 Å². The summed E-state index contributed by atoms with van der Waals surface area (Å²) in [6, 6.07) is 7.50. The molecule has 1 fully saturated rings. The van der Waals surface area contributed by atoms with Gasteiger partial charge < -0.3 is 4.74 Å². The molecule has 33 heavy (non-hydrogen) atoms. The predicted octanol–water partition coefficient (Wildman–Crippen LogP) is 8.38. The van der Waals surface area contributed by atoms with Crippen molar-refractivity contribution in [2.75, 3.05) is 0 Å². The zero-order chi connectivity index (χ0) is 24.1. The van der Waals surface area contributed by atoms with E-state index in [4.69, 9.17) is 4.74 Å². The SMILES string of the molecule is CC(C)c1cc2c(c(C3CCCC3)c1C(C)c1ccc(C(F)(F)F)cc1)C(=O)CC(C)(C)O2. The maximum absolute atomic E-state index is 13.4. The molecule has 0 spiro atoms. The Morgan fingerprint density at radius 3 is 2.18 bits per heavy atom. The summed E-state index contributed by atoms with van der Waals surface area (Å²) in [5.74, 6) is 1.11. The molecule has 0 radical (unpaired) electrons. The minimum Gasteiger partial charge on any atom is -0.487 e. The van der Waals surface area contributed by atoms with Crippen molar-refractivity contribution in [3.05, 3.63) is 63.7 Å². The molecule has 2 aromatic rings. The number of benzene rings is 2. The van der Waals surface area contributed by atoms with Gasteiger partial charge in [0.05, 0.1) is 17.5 Å². The first-order valence-corrected chi connectivity index (χ1v) is 12.0. The Bertz CT molecular complexity index is 1040. The molecule has 1 aliphatic heterocycles. The first kappa shape index (κ1) is 23.8. The fraction of sp³-hybridized carbons (Fsp3) is 0.536. The molecule has 0 saturated heterocycles. The van der Waals surface area contributed by atoms with Gasteiger partial charge in [0, 0.05) is 5.92 Å². The lowest BCUT2D eigenvalue weighted by atomic mass is 9.74. The highest BCUT2D eigenvalue weighted by Gasteiger charge is 2.39. The minimum atomic E-state index is -4.36. The summed E-state index contributed by atoms with van der Waals surface area (Å²) in [4.78, 5) is 13.4. The van der Waals surface area contributed by atoms with Gasteiger partial charge in [-0.3, -0.25) is 4.79 Å². The van der Waals surface area contributed by atoms with Gasteiger partial charge in [-0.15, -0.1) is 0 Å². The molecule has 1 aliphatic carbocycles. The van der Waals surface area contributed by atoms with Gasteiger partial charge in [-0.25, -0.2) is 0 Å². The molecule has 2 aromatic carbocycles. The molecule has 0 amide bonds. The van der Waals surface area contributed by atoms with Crippen molar-refractivity contribution < 1.29 is 22.7 Å². The number of hydrogen-bond donors (Lipinski definition) is 0. The Morgan fingerprint density at radius 1 is 1.03 bits per heavy atom. The number of halogens is 3. The number of hydrogen-bond acceptors (Lipinski definition) is 2. The first-order valence-electron chi connectivity index (χ1n) is 12.0. The fourth-order valence-electron chi connectivity index (χ4n) is 5.62. The molecular formula is C28H33F3O2. The highest BCUT2D eigenvalue weighted by Crippen LogP contribution is 2.49. The van der Waals surface area contributed by atoms with Gasteiger partial charge >= 0.3 is 6.18 Å². The van der Waals surface area contributed by atoms with E-state index in [2.05, 4.69) is 13.8 Å². The number of fused-ring (bicyclic) bond motifs is 1. The zero-order valence-electron chi connectivity index (χ0n) is 20.1. The zero-order valence-corrected chi connectivity index (χ0v) is 20.1. The van der Waals surface area contributed by atoms with Gasteiger partial charge in [-0.05, 0) is 79.0 Å². The molecule has 2 aliphatic rings. The lowest BCUT2D eigenvalue weighted by Crippen LogP contribution is -2.37. The van der Waals surface area contributed by atoms with Crippen LogP contribution in [0.1, 0.15) is 123 Å². The molecule has 2 nitrogen and oxygen atoms in total. The molecule has 1 saturated carbocycles. The number of rotatable bonds is 4. The van der Waals surface area contributed by atoms with E-state index in [1.54, 1.807) is 12.1 Å². The number of ether oxygens (including phenoxy) is 1. The van der Waals surface area contributed by atoms with Crippen molar-refractivity contribution in [2.45, 2.75) is 96.3 Å². The summed E-state index contributed by atoms with van der Waals surface area (Å²) in [5, 5.41) is 0. The van der Waals surface area contributed by atoms with Crippen LogP contribution in [0.3, 0.4) is 0 Å². The van der Waals surface area contributed by atoms with Crippen LogP contribution in [-0.4, -0.2) is 11.4 Å². The monoisotopic (exact) mass is 458 g/mol. The van der Waals surface area contributed by atoms with Crippen LogP contribution in [0.25, 0.3) is 0 Å². The lowest BCUT2D eigenvalue weighted by molar-refractivity contribution is -0.137. The summed E-state index contributed by atoms with van der Waals surface area (Å²) in [5.41, 5.74) is 3.65. The second-order valence-electron chi connectivity index (χ2n) is 10.6. The lowest BCUT2D eigenvalue weighted by Gasteiger charge is -2.36. The molecular weight excluding hydrogens is 425 g/mol. The second kappa shape index (κ2) is 8.48. The van der Waals surface area contributed by atoms with Crippen LogP contribution in [0.5, 0.6) is 5.75 Å². The van der Waals surface area contributed by atoms with E-state index < -0.39 is 17.3 Å². The average molecular weight is 459 g/mol. The third kappa shape index (κ3) is 4.56. The number of carbonyl (C=O) groups excluding carboxylic acids is 1. The number of Topliss-reactive ketones (excluding diaryl/α,β-unsaturated/α-hetero) is 1. The smallest absolute Gasteiger partial charge is 0.416 e. The molecule has 0 bridgehead atoms. The molecule has 4 rings (SSSR count). The molecule has 178 valence electrons. The third-order valence-corrected chi connectivity index (χ3v) is 7.21. The van der Waals surface area contributed by atoms with Gasteiger partial charge in [0.15, 0.2) is 5.78 Å². The van der Waals surface area contributed by atoms with Crippen molar-refractivity contribution >= 4 is 5.78 Å². The quantitative estimate of drug-likeness (QED) is 0.460. The fourth-order valence-corrected chi connectivity index (χ4v) is 5.62. The van der Waals surface area contributed by atoms with E-state index in [0.29, 0.717) is 17.7 Å². The highest BCUT2D eigenvalue weighted by molar-refractivity contribution is 6.02. The number of alkyl halides is 3. The van der Waals surface area contributed by atoms with Gasteiger partial charge in [0.25, 0.3) is 0 Å². The van der Waals surface area contributed by atoms with Crippen LogP contribution < -0.4 is 4.74 Å². The van der Waals surface area contributed by atoms with E-state index in [-0.39, 0.29) is 23.5 Å². The van der Waals surface area contributed by atoms with Crippen LogP contribution in [0.4, 0.5) is 13.2 Å². The molecule has 5 heteroatoms. The van der Waals surface area contributed by atoms with Crippen molar-refractivity contribution in [2.24, 2.45) is 0 Å². The molecule has 1 heterocycles. The number of carbonyl (C=O) groups is 1. The standard InChI is InChI=1S/C28H33F3O2/c1-16(2)21-14-23-26(22(32)15-27(4,5)33-23)25(19-8-6-7-9-19)24(21)17(3)18-10-12-20(13-11-18)28(29,30)31/h10-14,16-17,19H,6-9,15H2,1-5H3. The minimum absolute atomic E-state index is 0.110. The topological polar surface area (TPSA) is 26.3 Å². The van der Waals surface area contributed by atoms with E-state index in [1.807, 2.05) is 26.8 Å². The number of ketones is 1. The Kier molecular flexibility index (Phi) is 6.13. The summed E-state index contributed by atoms with van der Waals surface area (Å²) in [7, 11) is 0. The Hall–Kier alpha value is -2.30. The van der Waals surface area contributed by atoms with Crippen molar-refractivity contribution in [3.8, 4) is 5.75 Å². The van der Waals surface area contributed by atoms with E-state index in [1.165, 1.54) is 0 Å². The summed E-state index contributed by atoms with van der Waals surface area (Å²) >= 11 is 0.